The largest absolute Gasteiger partial charge is 0.491 e. The zero-order valence-corrected chi connectivity index (χ0v) is 12.7. The standard InChI is InChI=1S/C15H18N2O3.ClH/c1-19-7-8-20-10-4-5-13-12(9-10)14-11(15(18)17-13)3-2-6-16-14;/h4-5,9,16H,2-3,6-8H2,1H3,(H,17,18);1H. The lowest BCUT2D eigenvalue weighted by atomic mass is 10.0. The predicted molar refractivity (Wildman–Crippen MR) is 86.0 cm³/mol. The minimum atomic E-state index is 0. The highest BCUT2D eigenvalue weighted by atomic mass is 35.5. The summed E-state index contributed by atoms with van der Waals surface area (Å²) in [5.74, 6) is 0.788. The molecule has 2 aromatic rings. The number of fused-ring (bicyclic) bond motifs is 3. The molecule has 1 aromatic carbocycles. The normalized spacial score (nSPS) is 13.2. The molecule has 21 heavy (non-hydrogen) atoms. The molecule has 0 saturated heterocycles. The number of hydrogen-bond acceptors (Lipinski definition) is 4. The highest BCUT2D eigenvalue weighted by Gasteiger charge is 2.16. The molecule has 0 bridgehead atoms. The van der Waals surface area contributed by atoms with Gasteiger partial charge >= 0.3 is 0 Å². The Morgan fingerprint density at radius 1 is 1.29 bits per heavy atom. The quantitative estimate of drug-likeness (QED) is 0.851. The van der Waals surface area contributed by atoms with E-state index in [1.165, 1.54) is 0 Å². The minimum absolute atomic E-state index is 0. The van der Waals surface area contributed by atoms with Crippen molar-refractivity contribution >= 4 is 29.0 Å². The number of ether oxygens (including phenoxy) is 2. The van der Waals surface area contributed by atoms with E-state index in [0.29, 0.717) is 13.2 Å². The molecule has 0 fully saturated rings. The predicted octanol–water partition coefficient (Wildman–Crippen LogP) is 2.33. The van der Waals surface area contributed by atoms with Gasteiger partial charge in [0.05, 0.1) is 17.8 Å². The SMILES string of the molecule is COCCOc1ccc2[nH]c(=O)c3c(c2c1)NCCC3.Cl. The van der Waals surface area contributed by atoms with Gasteiger partial charge in [-0.15, -0.1) is 12.4 Å². The molecule has 0 aliphatic carbocycles. The summed E-state index contributed by atoms with van der Waals surface area (Å²) in [6.07, 6.45) is 1.81. The van der Waals surface area contributed by atoms with Crippen molar-refractivity contribution in [2.45, 2.75) is 12.8 Å². The van der Waals surface area contributed by atoms with E-state index in [2.05, 4.69) is 10.3 Å². The average molecular weight is 311 g/mol. The number of H-pyrrole nitrogens is 1. The second-order valence-electron chi connectivity index (χ2n) is 4.89. The number of pyridine rings is 1. The van der Waals surface area contributed by atoms with Crippen LogP contribution in [0.1, 0.15) is 12.0 Å². The van der Waals surface area contributed by atoms with Crippen molar-refractivity contribution in [2.24, 2.45) is 0 Å². The molecule has 2 N–H and O–H groups in total. The maximum atomic E-state index is 12.0. The summed E-state index contributed by atoms with van der Waals surface area (Å²) >= 11 is 0. The van der Waals surface area contributed by atoms with E-state index < -0.39 is 0 Å². The lowest BCUT2D eigenvalue weighted by Crippen LogP contribution is -2.22. The van der Waals surface area contributed by atoms with E-state index >= 15 is 0 Å². The smallest absolute Gasteiger partial charge is 0.253 e. The molecule has 0 atom stereocenters. The van der Waals surface area contributed by atoms with Gasteiger partial charge < -0.3 is 19.8 Å². The number of halogens is 1. The van der Waals surface area contributed by atoms with Gasteiger partial charge in [0.15, 0.2) is 0 Å². The summed E-state index contributed by atoms with van der Waals surface area (Å²) in [7, 11) is 1.65. The third-order valence-corrected chi connectivity index (χ3v) is 3.55. The van der Waals surface area contributed by atoms with E-state index in [1.54, 1.807) is 7.11 Å². The van der Waals surface area contributed by atoms with Crippen LogP contribution in [0.5, 0.6) is 5.75 Å². The van der Waals surface area contributed by atoms with Crippen LogP contribution in [0.15, 0.2) is 23.0 Å². The van der Waals surface area contributed by atoms with Gasteiger partial charge in [-0.1, -0.05) is 0 Å². The fourth-order valence-corrected chi connectivity index (χ4v) is 2.56. The van der Waals surface area contributed by atoms with E-state index in [9.17, 15) is 4.79 Å². The highest BCUT2D eigenvalue weighted by molar-refractivity contribution is 5.94. The molecule has 1 aromatic heterocycles. The van der Waals surface area contributed by atoms with Crippen molar-refractivity contribution < 1.29 is 9.47 Å². The molecule has 1 aliphatic heterocycles. The summed E-state index contributed by atoms with van der Waals surface area (Å²) in [5.41, 5.74) is 2.64. The van der Waals surface area contributed by atoms with Crippen LogP contribution < -0.4 is 15.6 Å². The zero-order valence-electron chi connectivity index (χ0n) is 11.9. The molecule has 6 heteroatoms. The molecule has 0 spiro atoms. The van der Waals surface area contributed by atoms with E-state index in [0.717, 1.165) is 47.3 Å². The first-order valence-electron chi connectivity index (χ1n) is 6.84. The van der Waals surface area contributed by atoms with Gasteiger partial charge in [-0.25, -0.2) is 0 Å². The first-order chi connectivity index (χ1) is 9.79. The molecule has 0 saturated carbocycles. The molecule has 0 radical (unpaired) electrons. The summed E-state index contributed by atoms with van der Waals surface area (Å²) in [5, 5.41) is 4.35. The Balaban J connectivity index is 0.00000161. The van der Waals surface area contributed by atoms with Crippen LogP contribution in [0.25, 0.3) is 10.9 Å². The number of aromatic amines is 1. The lowest BCUT2D eigenvalue weighted by Gasteiger charge is -2.19. The van der Waals surface area contributed by atoms with Crippen LogP contribution in [0.2, 0.25) is 0 Å². The Kier molecular flexibility index (Phi) is 5.09. The highest BCUT2D eigenvalue weighted by Crippen LogP contribution is 2.30. The van der Waals surface area contributed by atoms with Crippen LogP contribution in [0.3, 0.4) is 0 Å². The Morgan fingerprint density at radius 3 is 2.95 bits per heavy atom. The number of aromatic nitrogens is 1. The number of hydrogen-bond donors (Lipinski definition) is 2. The van der Waals surface area contributed by atoms with Gasteiger partial charge in [0, 0.05) is 24.6 Å². The van der Waals surface area contributed by atoms with Crippen LogP contribution >= 0.6 is 12.4 Å². The molecule has 114 valence electrons. The maximum absolute atomic E-state index is 12.0. The van der Waals surface area contributed by atoms with E-state index in [-0.39, 0.29) is 18.0 Å². The molecule has 0 unspecified atom stereocenters. The average Bonchev–Trinajstić information content (AvgIpc) is 2.48. The number of rotatable bonds is 4. The molecule has 1 aliphatic rings. The third-order valence-electron chi connectivity index (χ3n) is 3.55. The van der Waals surface area contributed by atoms with Gasteiger partial charge in [0.25, 0.3) is 5.56 Å². The summed E-state index contributed by atoms with van der Waals surface area (Å²) < 4.78 is 10.6. The fraction of sp³-hybridized carbons (Fsp3) is 0.400. The number of methoxy groups -OCH3 is 1. The van der Waals surface area contributed by atoms with Crippen molar-refractivity contribution in [3.63, 3.8) is 0 Å². The molecule has 2 heterocycles. The molecule has 3 rings (SSSR count). The topological polar surface area (TPSA) is 63.4 Å². The number of nitrogens with one attached hydrogen (secondary N) is 2. The van der Waals surface area contributed by atoms with Gasteiger partial charge in [0.1, 0.15) is 12.4 Å². The van der Waals surface area contributed by atoms with E-state index in [1.807, 2.05) is 18.2 Å². The Bertz CT molecular complexity index is 684. The second kappa shape index (κ2) is 6.83. The molecule has 5 nitrogen and oxygen atoms in total. The monoisotopic (exact) mass is 310 g/mol. The summed E-state index contributed by atoms with van der Waals surface area (Å²) in [6, 6.07) is 5.72. The zero-order chi connectivity index (χ0) is 13.9. The molecule has 0 amide bonds. The van der Waals surface area contributed by atoms with Crippen LogP contribution in [-0.4, -0.2) is 31.9 Å². The van der Waals surface area contributed by atoms with Crippen LogP contribution in [0.4, 0.5) is 5.69 Å². The van der Waals surface area contributed by atoms with Crippen LogP contribution in [0, 0.1) is 0 Å². The van der Waals surface area contributed by atoms with Gasteiger partial charge in [-0.05, 0) is 31.0 Å². The number of benzene rings is 1. The Morgan fingerprint density at radius 2 is 2.14 bits per heavy atom. The Labute approximate surface area is 129 Å². The fourth-order valence-electron chi connectivity index (χ4n) is 2.56. The van der Waals surface area contributed by atoms with Crippen LogP contribution in [-0.2, 0) is 11.2 Å². The first kappa shape index (κ1) is 15.7. The maximum Gasteiger partial charge on any atom is 0.253 e. The molecular weight excluding hydrogens is 292 g/mol. The van der Waals surface area contributed by atoms with Crippen molar-refractivity contribution in [3.05, 3.63) is 34.1 Å². The third kappa shape index (κ3) is 3.14. The first-order valence-corrected chi connectivity index (χ1v) is 6.84. The van der Waals surface area contributed by atoms with Crippen molar-refractivity contribution in [1.82, 2.24) is 4.98 Å². The van der Waals surface area contributed by atoms with Crippen molar-refractivity contribution in [3.8, 4) is 5.75 Å². The summed E-state index contributed by atoms with van der Waals surface area (Å²) in [6.45, 7) is 1.97. The summed E-state index contributed by atoms with van der Waals surface area (Å²) in [4.78, 5) is 15.0. The van der Waals surface area contributed by atoms with Gasteiger partial charge in [-0.2, -0.15) is 0 Å². The Hall–Kier alpha value is -1.72. The van der Waals surface area contributed by atoms with Gasteiger partial charge in [0.2, 0.25) is 0 Å². The number of anilines is 1. The van der Waals surface area contributed by atoms with Crippen molar-refractivity contribution in [1.29, 1.82) is 0 Å². The lowest BCUT2D eigenvalue weighted by molar-refractivity contribution is 0.146. The molecular formula is C15H19ClN2O3. The van der Waals surface area contributed by atoms with E-state index in [4.69, 9.17) is 9.47 Å². The second-order valence-corrected chi connectivity index (χ2v) is 4.89. The van der Waals surface area contributed by atoms with Gasteiger partial charge in [-0.3, -0.25) is 4.79 Å². The van der Waals surface area contributed by atoms with Crippen molar-refractivity contribution in [2.75, 3.05) is 32.2 Å². The minimum Gasteiger partial charge on any atom is -0.491 e.